The minimum Gasteiger partial charge on any atom is -0.330 e. The minimum absolute atomic E-state index is 0.257. The van der Waals surface area contributed by atoms with E-state index in [0.29, 0.717) is 4.75 Å². The van der Waals surface area contributed by atoms with Crippen molar-refractivity contribution >= 4 is 22.8 Å². The van der Waals surface area contributed by atoms with Crippen LogP contribution in [0.2, 0.25) is 0 Å². The largest absolute Gasteiger partial charge is 0.330 e. The maximum absolute atomic E-state index is 4.78. The molecule has 1 unspecified atom stereocenters. The molecule has 116 valence electrons. The van der Waals surface area contributed by atoms with Gasteiger partial charge < -0.3 is 9.88 Å². The van der Waals surface area contributed by atoms with E-state index in [4.69, 9.17) is 4.98 Å². The Labute approximate surface area is 132 Å². The van der Waals surface area contributed by atoms with Crippen molar-refractivity contribution in [1.82, 2.24) is 14.9 Å². The van der Waals surface area contributed by atoms with E-state index in [1.807, 2.05) is 17.8 Å². The number of para-hydroxylation sites is 2. The first-order valence-electron chi connectivity index (χ1n) is 7.76. The number of nitrogens with zero attached hydrogens (tertiary/aromatic N) is 2. The second kappa shape index (κ2) is 6.84. The second-order valence-corrected chi connectivity index (χ2v) is 6.99. The highest BCUT2D eigenvalue weighted by atomic mass is 32.2. The highest BCUT2D eigenvalue weighted by Gasteiger charge is 2.26. The number of thioether (sulfide) groups is 1. The summed E-state index contributed by atoms with van der Waals surface area (Å²) in [6, 6.07) is 8.58. The molecule has 1 atom stereocenters. The van der Waals surface area contributed by atoms with Gasteiger partial charge in [-0.15, -0.1) is 0 Å². The van der Waals surface area contributed by atoms with Gasteiger partial charge in [0.15, 0.2) is 0 Å². The first kappa shape index (κ1) is 16.4. The van der Waals surface area contributed by atoms with Crippen LogP contribution in [-0.4, -0.2) is 27.1 Å². The van der Waals surface area contributed by atoms with E-state index in [-0.39, 0.29) is 6.04 Å². The van der Waals surface area contributed by atoms with Gasteiger partial charge in [-0.3, -0.25) is 0 Å². The topological polar surface area (TPSA) is 29.9 Å². The predicted molar refractivity (Wildman–Crippen MR) is 94.0 cm³/mol. The number of nitrogens with one attached hydrogen (secondary N) is 1. The number of rotatable bonds is 7. The number of aryl methyl sites for hydroxylation is 1. The predicted octanol–water partition coefficient (Wildman–Crippen LogP) is 4.15. The van der Waals surface area contributed by atoms with E-state index in [1.54, 1.807) is 0 Å². The standard InChI is InChI=1S/C17H27N3S/c1-6-17(7-2,21-5)12-18-13(3)16-19-14-10-8-9-11-15(14)20(16)4/h8-11,13,18H,6-7,12H2,1-5H3. The Bertz CT molecular complexity index is 578. The summed E-state index contributed by atoms with van der Waals surface area (Å²) in [5.41, 5.74) is 2.27. The van der Waals surface area contributed by atoms with Crippen molar-refractivity contribution in [2.24, 2.45) is 7.05 Å². The van der Waals surface area contributed by atoms with Crippen molar-refractivity contribution in [3.63, 3.8) is 0 Å². The van der Waals surface area contributed by atoms with Crippen LogP contribution in [0.15, 0.2) is 24.3 Å². The Hall–Kier alpha value is -1.000. The van der Waals surface area contributed by atoms with Crippen molar-refractivity contribution in [1.29, 1.82) is 0 Å². The van der Waals surface area contributed by atoms with Gasteiger partial charge >= 0.3 is 0 Å². The Morgan fingerprint density at radius 3 is 2.52 bits per heavy atom. The number of imidazole rings is 1. The van der Waals surface area contributed by atoms with Crippen LogP contribution >= 0.6 is 11.8 Å². The van der Waals surface area contributed by atoms with E-state index in [0.717, 1.165) is 17.9 Å². The highest BCUT2D eigenvalue weighted by molar-refractivity contribution is 8.00. The average molecular weight is 305 g/mol. The van der Waals surface area contributed by atoms with Crippen LogP contribution in [-0.2, 0) is 7.05 Å². The average Bonchev–Trinajstić information content (AvgIpc) is 2.87. The lowest BCUT2D eigenvalue weighted by atomic mass is 10.0. The summed E-state index contributed by atoms with van der Waals surface area (Å²) in [4.78, 5) is 4.78. The van der Waals surface area contributed by atoms with Gasteiger partial charge in [0.05, 0.1) is 17.1 Å². The summed E-state index contributed by atoms with van der Waals surface area (Å²) in [7, 11) is 2.10. The Morgan fingerprint density at radius 1 is 1.29 bits per heavy atom. The minimum atomic E-state index is 0.257. The Balaban J connectivity index is 2.15. The molecule has 0 radical (unpaired) electrons. The fraction of sp³-hybridized carbons (Fsp3) is 0.588. The smallest absolute Gasteiger partial charge is 0.126 e. The molecule has 2 rings (SSSR count). The molecule has 0 aliphatic heterocycles. The van der Waals surface area contributed by atoms with Gasteiger partial charge in [-0.1, -0.05) is 26.0 Å². The summed E-state index contributed by atoms with van der Waals surface area (Å²) in [6.07, 6.45) is 4.59. The van der Waals surface area contributed by atoms with Crippen molar-refractivity contribution in [3.8, 4) is 0 Å². The third-order valence-corrected chi connectivity index (χ3v) is 6.25. The summed E-state index contributed by atoms with van der Waals surface area (Å²) >= 11 is 1.97. The van der Waals surface area contributed by atoms with Crippen LogP contribution in [0.25, 0.3) is 11.0 Å². The molecule has 0 spiro atoms. The molecule has 1 aromatic carbocycles. The van der Waals surface area contributed by atoms with Gasteiger partial charge in [-0.2, -0.15) is 11.8 Å². The molecule has 2 aromatic rings. The second-order valence-electron chi connectivity index (χ2n) is 5.71. The zero-order chi connectivity index (χ0) is 15.5. The molecule has 0 aliphatic carbocycles. The SMILES string of the molecule is CCC(CC)(CNC(C)c1nc2ccccc2n1C)SC. The van der Waals surface area contributed by atoms with Gasteiger partial charge in [-0.25, -0.2) is 4.98 Å². The van der Waals surface area contributed by atoms with Crippen LogP contribution in [0.4, 0.5) is 0 Å². The van der Waals surface area contributed by atoms with E-state index >= 15 is 0 Å². The number of fused-ring (bicyclic) bond motifs is 1. The van der Waals surface area contributed by atoms with Crippen molar-refractivity contribution in [3.05, 3.63) is 30.1 Å². The van der Waals surface area contributed by atoms with Gasteiger partial charge in [-0.05, 0) is 38.2 Å². The molecule has 4 heteroatoms. The maximum Gasteiger partial charge on any atom is 0.126 e. The first-order valence-corrected chi connectivity index (χ1v) is 8.99. The molecule has 0 fully saturated rings. The lowest BCUT2D eigenvalue weighted by Crippen LogP contribution is -2.38. The third kappa shape index (κ3) is 3.27. The normalized spacial score (nSPS) is 13.8. The fourth-order valence-corrected chi connectivity index (χ4v) is 3.65. The van der Waals surface area contributed by atoms with Crippen LogP contribution in [0, 0.1) is 0 Å². The highest BCUT2D eigenvalue weighted by Crippen LogP contribution is 2.30. The Kier molecular flexibility index (Phi) is 5.33. The summed E-state index contributed by atoms with van der Waals surface area (Å²) < 4.78 is 2.53. The van der Waals surface area contributed by atoms with Crippen molar-refractivity contribution < 1.29 is 0 Å². The molecule has 0 bridgehead atoms. The quantitative estimate of drug-likeness (QED) is 0.833. The molecule has 1 heterocycles. The molecule has 0 aliphatic rings. The van der Waals surface area contributed by atoms with Gasteiger partial charge in [0.2, 0.25) is 0 Å². The van der Waals surface area contributed by atoms with Crippen molar-refractivity contribution in [2.45, 2.75) is 44.4 Å². The van der Waals surface area contributed by atoms with Crippen LogP contribution in [0.5, 0.6) is 0 Å². The molecule has 0 amide bonds. The van der Waals surface area contributed by atoms with Gasteiger partial charge in [0.25, 0.3) is 0 Å². The number of aromatic nitrogens is 2. The maximum atomic E-state index is 4.78. The lowest BCUT2D eigenvalue weighted by Gasteiger charge is -2.31. The van der Waals surface area contributed by atoms with Crippen LogP contribution < -0.4 is 5.32 Å². The number of hydrogen-bond acceptors (Lipinski definition) is 3. The summed E-state index contributed by atoms with van der Waals surface area (Å²) in [5.74, 6) is 1.11. The summed E-state index contributed by atoms with van der Waals surface area (Å²) in [5, 5.41) is 3.69. The molecule has 0 saturated carbocycles. The summed E-state index contributed by atoms with van der Waals surface area (Å²) in [6.45, 7) is 7.78. The third-order valence-electron chi connectivity index (χ3n) is 4.66. The molecular formula is C17H27N3S. The monoisotopic (exact) mass is 305 g/mol. The molecule has 0 saturated heterocycles. The Morgan fingerprint density at radius 2 is 1.95 bits per heavy atom. The zero-order valence-corrected chi connectivity index (χ0v) is 14.6. The van der Waals surface area contributed by atoms with Gasteiger partial charge in [0, 0.05) is 18.3 Å². The van der Waals surface area contributed by atoms with Crippen molar-refractivity contribution in [2.75, 3.05) is 12.8 Å². The molecular weight excluding hydrogens is 278 g/mol. The lowest BCUT2D eigenvalue weighted by molar-refractivity contribution is 0.446. The number of hydrogen-bond donors (Lipinski definition) is 1. The molecule has 21 heavy (non-hydrogen) atoms. The fourth-order valence-electron chi connectivity index (χ4n) is 2.84. The van der Waals surface area contributed by atoms with E-state index in [9.17, 15) is 0 Å². The van der Waals surface area contributed by atoms with E-state index < -0.39 is 0 Å². The number of benzene rings is 1. The van der Waals surface area contributed by atoms with Crippen LogP contribution in [0.1, 0.15) is 45.5 Å². The molecule has 1 N–H and O–H groups in total. The molecule has 1 aromatic heterocycles. The van der Waals surface area contributed by atoms with Crippen LogP contribution in [0.3, 0.4) is 0 Å². The first-order chi connectivity index (χ1) is 10.1. The van der Waals surface area contributed by atoms with Gasteiger partial charge in [0.1, 0.15) is 5.82 Å². The van der Waals surface area contributed by atoms with E-state index in [1.165, 1.54) is 18.4 Å². The van der Waals surface area contributed by atoms with E-state index in [2.05, 4.69) is 62.2 Å². The zero-order valence-electron chi connectivity index (χ0n) is 13.8. The molecule has 3 nitrogen and oxygen atoms in total.